The van der Waals surface area contributed by atoms with E-state index in [2.05, 4.69) is 4.98 Å². The van der Waals surface area contributed by atoms with E-state index in [9.17, 15) is 4.79 Å². The topological polar surface area (TPSA) is 44.1 Å². The van der Waals surface area contributed by atoms with E-state index in [-0.39, 0.29) is 5.78 Å². The first-order valence-corrected chi connectivity index (χ1v) is 7.21. The molecule has 0 fully saturated rings. The quantitative estimate of drug-likeness (QED) is 0.532. The van der Waals surface area contributed by atoms with Gasteiger partial charge in [0.05, 0.1) is 13.4 Å². The minimum atomic E-state index is -0.0370. The lowest BCUT2D eigenvalue weighted by Crippen LogP contribution is -1.96. The maximum absolute atomic E-state index is 12.2. The van der Waals surface area contributed by atoms with Crippen molar-refractivity contribution in [2.24, 2.45) is 0 Å². The van der Waals surface area contributed by atoms with Gasteiger partial charge in [0, 0.05) is 23.6 Å². The monoisotopic (exact) mass is 304 g/mol. The fraction of sp³-hybridized carbons (Fsp3) is 0.0526. The van der Waals surface area contributed by atoms with Crippen molar-refractivity contribution in [1.82, 2.24) is 9.55 Å². The van der Waals surface area contributed by atoms with E-state index in [1.165, 1.54) is 0 Å². The van der Waals surface area contributed by atoms with E-state index < -0.39 is 0 Å². The summed E-state index contributed by atoms with van der Waals surface area (Å²) < 4.78 is 7.06. The molecule has 0 atom stereocenters. The molecule has 23 heavy (non-hydrogen) atoms. The van der Waals surface area contributed by atoms with Gasteiger partial charge in [-0.05, 0) is 48.0 Å². The molecule has 0 bridgehead atoms. The Morgan fingerprint density at radius 3 is 2.70 bits per heavy atom. The van der Waals surface area contributed by atoms with E-state index in [0.29, 0.717) is 5.56 Å². The number of aromatic nitrogens is 2. The van der Waals surface area contributed by atoms with Crippen LogP contribution in [0.25, 0.3) is 11.8 Å². The third-order valence-electron chi connectivity index (χ3n) is 3.48. The average molecular weight is 304 g/mol. The second kappa shape index (κ2) is 6.75. The molecule has 1 aromatic heterocycles. The summed E-state index contributed by atoms with van der Waals surface area (Å²) in [6, 6.07) is 15.0. The maximum Gasteiger partial charge on any atom is 0.185 e. The van der Waals surface area contributed by atoms with E-state index in [0.717, 1.165) is 17.0 Å². The number of methoxy groups -OCH3 is 1. The molecule has 0 aliphatic heterocycles. The van der Waals surface area contributed by atoms with Gasteiger partial charge in [0.1, 0.15) is 5.75 Å². The lowest BCUT2D eigenvalue weighted by molar-refractivity contribution is 0.104. The minimum absolute atomic E-state index is 0.0370. The molecule has 0 N–H and O–H groups in total. The van der Waals surface area contributed by atoms with Gasteiger partial charge in [-0.2, -0.15) is 0 Å². The lowest BCUT2D eigenvalue weighted by Gasteiger charge is -2.03. The molecule has 0 saturated carbocycles. The number of allylic oxidation sites excluding steroid dienone is 1. The molecular weight excluding hydrogens is 288 g/mol. The molecule has 114 valence electrons. The highest BCUT2D eigenvalue weighted by molar-refractivity contribution is 6.06. The molecule has 4 nitrogen and oxygen atoms in total. The number of rotatable bonds is 5. The number of nitrogens with zero attached hydrogens (tertiary/aromatic N) is 2. The first-order valence-electron chi connectivity index (χ1n) is 7.21. The summed E-state index contributed by atoms with van der Waals surface area (Å²) in [6.07, 6.45) is 8.66. The van der Waals surface area contributed by atoms with Crippen molar-refractivity contribution in [3.63, 3.8) is 0 Å². The Balaban J connectivity index is 1.74. The SMILES string of the molecule is COc1cccc(/C=C/C(=O)c2ccc(-n3ccnc3)cc2)c1. The van der Waals surface area contributed by atoms with Gasteiger partial charge in [0.2, 0.25) is 0 Å². The van der Waals surface area contributed by atoms with Crippen molar-refractivity contribution in [2.45, 2.75) is 0 Å². The minimum Gasteiger partial charge on any atom is -0.497 e. The molecule has 0 saturated heterocycles. The zero-order valence-electron chi connectivity index (χ0n) is 12.7. The first-order chi connectivity index (χ1) is 11.3. The number of ketones is 1. The van der Waals surface area contributed by atoms with Crippen molar-refractivity contribution >= 4 is 11.9 Å². The number of carbonyl (C=O) groups excluding carboxylic acids is 1. The number of hydrogen-bond donors (Lipinski definition) is 0. The lowest BCUT2D eigenvalue weighted by atomic mass is 10.1. The fourth-order valence-corrected chi connectivity index (χ4v) is 2.22. The van der Waals surface area contributed by atoms with E-state index in [1.54, 1.807) is 31.8 Å². The molecule has 2 aromatic carbocycles. The summed E-state index contributed by atoms with van der Waals surface area (Å²) in [7, 11) is 1.62. The van der Waals surface area contributed by atoms with Crippen LogP contribution in [0.2, 0.25) is 0 Å². The van der Waals surface area contributed by atoms with Crippen molar-refractivity contribution in [2.75, 3.05) is 7.11 Å². The van der Waals surface area contributed by atoms with Crippen LogP contribution in [0, 0.1) is 0 Å². The van der Waals surface area contributed by atoms with Crippen molar-refractivity contribution < 1.29 is 9.53 Å². The second-order valence-corrected chi connectivity index (χ2v) is 4.99. The average Bonchev–Trinajstić information content (AvgIpc) is 3.14. The molecule has 3 aromatic rings. The Kier molecular flexibility index (Phi) is 4.34. The first kappa shape index (κ1) is 14.8. The summed E-state index contributed by atoms with van der Waals surface area (Å²) in [5.41, 5.74) is 2.54. The second-order valence-electron chi connectivity index (χ2n) is 4.99. The van der Waals surface area contributed by atoms with Gasteiger partial charge in [-0.15, -0.1) is 0 Å². The van der Waals surface area contributed by atoms with Gasteiger partial charge in [-0.1, -0.05) is 18.2 Å². The van der Waals surface area contributed by atoms with Crippen LogP contribution in [0.1, 0.15) is 15.9 Å². The molecule has 0 amide bonds. The van der Waals surface area contributed by atoms with Gasteiger partial charge in [-0.3, -0.25) is 4.79 Å². The predicted octanol–water partition coefficient (Wildman–Crippen LogP) is 3.78. The molecular formula is C19H16N2O2. The Bertz CT molecular complexity index is 819. The number of imidazole rings is 1. The third-order valence-corrected chi connectivity index (χ3v) is 3.48. The normalized spacial score (nSPS) is 10.8. The van der Waals surface area contributed by atoms with Gasteiger partial charge in [0.25, 0.3) is 0 Å². The third kappa shape index (κ3) is 3.55. The Morgan fingerprint density at radius 1 is 1.17 bits per heavy atom. The number of carbonyl (C=O) groups is 1. The van der Waals surface area contributed by atoms with Crippen LogP contribution in [0.3, 0.4) is 0 Å². The number of hydrogen-bond acceptors (Lipinski definition) is 3. The summed E-state index contributed by atoms with van der Waals surface area (Å²) in [5, 5.41) is 0. The van der Waals surface area contributed by atoms with Gasteiger partial charge in [0.15, 0.2) is 5.78 Å². The van der Waals surface area contributed by atoms with Crippen molar-refractivity contribution in [3.8, 4) is 11.4 Å². The van der Waals surface area contributed by atoms with Gasteiger partial charge in [-0.25, -0.2) is 4.98 Å². The molecule has 0 spiro atoms. The fourth-order valence-electron chi connectivity index (χ4n) is 2.22. The zero-order valence-corrected chi connectivity index (χ0v) is 12.7. The molecule has 0 radical (unpaired) electrons. The summed E-state index contributed by atoms with van der Waals surface area (Å²) in [5.74, 6) is 0.731. The predicted molar refractivity (Wildman–Crippen MR) is 89.9 cm³/mol. The maximum atomic E-state index is 12.2. The molecule has 0 unspecified atom stereocenters. The van der Waals surface area contributed by atoms with E-state index in [4.69, 9.17) is 4.74 Å². The van der Waals surface area contributed by atoms with Crippen LogP contribution in [-0.2, 0) is 0 Å². The highest BCUT2D eigenvalue weighted by Gasteiger charge is 2.03. The highest BCUT2D eigenvalue weighted by atomic mass is 16.5. The Morgan fingerprint density at radius 2 is 2.00 bits per heavy atom. The molecule has 1 heterocycles. The summed E-state index contributed by atoms with van der Waals surface area (Å²) in [4.78, 5) is 16.2. The van der Waals surface area contributed by atoms with Gasteiger partial charge < -0.3 is 9.30 Å². The van der Waals surface area contributed by atoms with Gasteiger partial charge >= 0.3 is 0 Å². The smallest absolute Gasteiger partial charge is 0.185 e. The number of ether oxygens (including phenoxy) is 1. The standard InChI is InChI=1S/C19H16N2O2/c1-23-18-4-2-3-15(13-18)5-10-19(22)16-6-8-17(9-7-16)21-12-11-20-14-21/h2-14H,1H3/b10-5+. The van der Waals surface area contributed by atoms with Crippen molar-refractivity contribution in [1.29, 1.82) is 0 Å². The number of benzene rings is 2. The summed E-state index contributed by atoms with van der Waals surface area (Å²) in [6.45, 7) is 0. The van der Waals surface area contributed by atoms with E-state index in [1.807, 2.05) is 59.3 Å². The van der Waals surface area contributed by atoms with Crippen LogP contribution in [0.4, 0.5) is 0 Å². The van der Waals surface area contributed by atoms with Crippen LogP contribution in [0.5, 0.6) is 5.75 Å². The highest BCUT2D eigenvalue weighted by Crippen LogP contribution is 2.15. The Labute approximate surface area is 134 Å². The summed E-state index contributed by atoms with van der Waals surface area (Å²) >= 11 is 0. The van der Waals surface area contributed by atoms with Crippen LogP contribution in [-0.4, -0.2) is 22.4 Å². The van der Waals surface area contributed by atoms with Crippen LogP contribution in [0.15, 0.2) is 73.3 Å². The van der Waals surface area contributed by atoms with Crippen LogP contribution >= 0.6 is 0 Å². The van der Waals surface area contributed by atoms with E-state index >= 15 is 0 Å². The molecule has 0 aliphatic rings. The zero-order chi connectivity index (χ0) is 16.1. The molecule has 3 rings (SSSR count). The van der Waals surface area contributed by atoms with Crippen LogP contribution < -0.4 is 4.74 Å². The largest absolute Gasteiger partial charge is 0.497 e. The molecule has 4 heteroatoms. The van der Waals surface area contributed by atoms with Crippen molar-refractivity contribution in [3.05, 3.63) is 84.5 Å². The Hall–Kier alpha value is -3.14. The molecule has 0 aliphatic carbocycles.